The number of rotatable bonds is 4. The van der Waals surface area contributed by atoms with Gasteiger partial charge in [0.25, 0.3) is 0 Å². The molecule has 0 saturated carbocycles. The maximum atomic E-state index is 13.1. The second kappa shape index (κ2) is 5.34. The summed E-state index contributed by atoms with van der Waals surface area (Å²) in [5.41, 5.74) is -0.349. The number of benzene rings is 1. The van der Waals surface area contributed by atoms with E-state index in [1.807, 2.05) is 0 Å². The number of nitrogens with one attached hydrogen (secondary N) is 1. The first-order valence-electron chi connectivity index (χ1n) is 5.59. The Morgan fingerprint density at radius 1 is 1.33 bits per heavy atom. The molecule has 1 aromatic rings. The fourth-order valence-electron chi connectivity index (χ4n) is 1.58. The minimum Gasteiger partial charge on any atom is -0.396 e. The van der Waals surface area contributed by atoms with Gasteiger partial charge in [0.15, 0.2) is 0 Å². The summed E-state index contributed by atoms with van der Waals surface area (Å²) in [6.45, 7) is 4.93. The van der Waals surface area contributed by atoms with Crippen LogP contribution in [0, 0.1) is 5.82 Å². The zero-order valence-electron chi connectivity index (χ0n) is 10.7. The normalized spacial score (nSPS) is 12.7. The van der Waals surface area contributed by atoms with Crippen LogP contribution >= 0.6 is 0 Å². The Morgan fingerprint density at radius 2 is 1.94 bits per heavy atom. The third-order valence-electron chi connectivity index (χ3n) is 2.13. The Balaban J connectivity index is 3.23. The highest BCUT2D eigenvalue weighted by Crippen LogP contribution is 2.19. The van der Waals surface area contributed by atoms with Crippen molar-refractivity contribution in [3.05, 3.63) is 29.6 Å². The van der Waals surface area contributed by atoms with E-state index in [1.54, 1.807) is 20.8 Å². The van der Waals surface area contributed by atoms with Crippen LogP contribution in [0.5, 0.6) is 0 Å². The van der Waals surface area contributed by atoms with Crippen molar-refractivity contribution in [1.82, 2.24) is 4.72 Å². The molecule has 0 aliphatic carbocycles. The summed E-state index contributed by atoms with van der Waals surface area (Å²) in [5.74, 6) is -0.520. The van der Waals surface area contributed by atoms with E-state index in [0.717, 1.165) is 12.1 Å². The molecule has 6 heteroatoms. The highest BCUT2D eigenvalue weighted by atomic mass is 32.2. The van der Waals surface area contributed by atoms with Crippen molar-refractivity contribution in [3.8, 4) is 0 Å². The van der Waals surface area contributed by atoms with E-state index in [9.17, 15) is 12.8 Å². The van der Waals surface area contributed by atoms with Crippen LogP contribution in [0.2, 0.25) is 0 Å². The predicted octanol–water partition coefficient (Wildman–Crippen LogP) is 1.44. The first kappa shape index (κ1) is 15.1. The Labute approximate surface area is 107 Å². The Hall–Kier alpha value is -0.980. The van der Waals surface area contributed by atoms with Gasteiger partial charge in [-0.25, -0.2) is 17.5 Å². The first-order chi connectivity index (χ1) is 8.15. The smallest absolute Gasteiger partial charge is 0.241 e. The van der Waals surface area contributed by atoms with Gasteiger partial charge >= 0.3 is 0 Å². The standard InChI is InChI=1S/C12H18FNO3S/c1-12(2,3)14-18(16,17)11-5-4-10(13)8-9(11)6-7-15/h4-5,8,14-15H,6-7H2,1-3H3. The number of hydrogen-bond acceptors (Lipinski definition) is 3. The lowest BCUT2D eigenvalue weighted by Crippen LogP contribution is -2.40. The van der Waals surface area contributed by atoms with Gasteiger partial charge in [-0.15, -0.1) is 0 Å². The maximum Gasteiger partial charge on any atom is 0.241 e. The van der Waals surface area contributed by atoms with Crippen molar-refractivity contribution in [2.75, 3.05) is 6.61 Å². The Morgan fingerprint density at radius 3 is 2.44 bits per heavy atom. The third kappa shape index (κ3) is 4.04. The molecule has 0 aliphatic rings. The minimum atomic E-state index is -3.72. The quantitative estimate of drug-likeness (QED) is 0.873. The fourth-order valence-corrected chi connectivity index (χ4v) is 3.25. The molecular weight excluding hydrogens is 257 g/mol. The topological polar surface area (TPSA) is 66.4 Å². The molecule has 1 rings (SSSR count). The van der Waals surface area contributed by atoms with Crippen LogP contribution in [-0.4, -0.2) is 25.7 Å². The van der Waals surface area contributed by atoms with Crippen molar-refractivity contribution in [3.63, 3.8) is 0 Å². The van der Waals surface area contributed by atoms with Crippen molar-refractivity contribution in [2.45, 2.75) is 37.6 Å². The van der Waals surface area contributed by atoms with Gasteiger partial charge in [-0.2, -0.15) is 0 Å². The molecule has 4 nitrogen and oxygen atoms in total. The van der Waals surface area contributed by atoms with Crippen molar-refractivity contribution < 1.29 is 17.9 Å². The Bertz CT molecular complexity index is 521. The average molecular weight is 275 g/mol. The second-order valence-electron chi connectivity index (χ2n) is 5.08. The lowest BCUT2D eigenvalue weighted by Gasteiger charge is -2.21. The van der Waals surface area contributed by atoms with Crippen LogP contribution in [0.25, 0.3) is 0 Å². The molecule has 0 atom stereocenters. The number of sulfonamides is 1. The van der Waals surface area contributed by atoms with Crippen molar-refractivity contribution in [1.29, 1.82) is 0 Å². The number of halogens is 1. The van der Waals surface area contributed by atoms with Crippen LogP contribution in [-0.2, 0) is 16.4 Å². The van der Waals surface area contributed by atoms with Gasteiger partial charge in [-0.1, -0.05) is 0 Å². The average Bonchev–Trinajstić information content (AvgIpc) is 2.13. The highest BCUT2D eigenvalue weighted by Gasteiger charge is 2.24. The molecule has 0 unspecified atom stereocenters. The van der Waals surface area contributed by atoms with Crippen LogP contribution < -0.4 is 4.72 Å². The lowest BCUT2D eigenvalue weighted by atomic mass is 10.1. The molecule has 1 aromatic carbocycles. The van der Waals surface area contributed by atoms with Crippen molar-refractivity contribution >= 4 is 10.0 Å². The van der Waals surface area contributed by atoms with Gasteiger partial charge in [0.2, 0.25) is 10.0 Å². The van der Waals surface area contributed by atoms with Gasteiger partial charge < -0.3 is 5.11 Å². The number of hydrogen-bond donors (Lipinski definition) is 2. The molecule has 0 aliphatic heterocycles. The summed E-state index contributed by atoms with van der Waals surface area (Å²) in [7, 11) is -3.72. The summed E-state index contributed by atoms with van der Waals surface area (Å²) < 4.78 is 39.9. The van der Waals surface area contributed by atoms with Gasteiger partial charge in [-0.3, -0.25) is 0 Å². The van der Waals surface area contributed by atoms with E-state index in [0.29, 0.717) is 0 Å². The van der Waals surface area contributed by atoms with Gasteiger partial charge in [-0.05, 0) is 51.0 Å². The summed E-state index contributed by atoms with van der Waals surface area (Å²) in [4.78, 5) is 0.00729. The van der Waals surface area contributed by atoms with E-state index >= 15 is 0 Å². The summed E-state index contributed by atoms with van der Waals surface area (Å²) in [6, 6.07) is 3.44. The van der Waals surface area contributed by atoms with Gasteiger partial charge in [0.05, 0.1) is 4.90 Å². The van der Waals surface area contributed by atoms with E-state index in [4.69, 9.17) is 5.11 Å². The molecule has 0 amide bonds. The second-order valence-corrected chi connectivity index (χ2v) is 6.73. The molecule has 0 fully saturated rings. The molecule has 0 spiro atoms. The van der Waals surface area contributed by atoms with E-state index in [2.05, 4.69) is 4.72 Å². The molecule has 102 valence electrons. The van der Waals surface area contributed by atoms with Crippen LogP contribution in [0.1, 0.15) is 26.3 Å². The van der Waals surface area contributed by atoms with E-state index in [-0.39, 0.29) is 23.5 Å². The molecule has 0 heterocycles. The monoisotopic (exact) mass is 275 g/mol. The molecule has 18 heavy (non-hydrogen) atoms. The van der Waals surface area contributed by atoms with Crippen molar-refractivity contribution in [2.24, 2.45) is 0 Å². The lowest BCUT2D eigenvalue weighted by molar-refractivity contribution is 0.298. The van der Waals surface area contributed by atoms with Crippen LogP contribution in [0.15, 0.2) is 23.1 Å². The zero-order valence-corrected chi connectivity index (χ0v) is 11.5. The molecule has 0 radical (unpaired) electrons. The largest absolute Gasteiger partial charge is 0.396 e. The Kier molecular flexibility index (Phi) is 4.47. The molecule has 0 saturated heterocycles. The SMILES string of the molecule is CC(C)(C)NS(=O)(=O)c1ccc(F)cc1CCO. The first-order valence-corrected chi connectivity index (χ1v) is 7.07. The van der Waals surface area contributed by atoms with Gasteiger partial charge in [0.1, 0.15) is 5.82 Å². The third-order valence-corrected chi connectivity index (χ3v) is 3.99. The van der Waals surface area contributed by atoms with E-state index < -0.39 is 21.4 Å². The minimum absolute atomic E-state index is 0.00729. The van der Waals surface area contributed by atoms with Gasteiger partial charge in [0, 0.05) is 12.1 Å². The van der Waals surface area contributed by atoms with Crippen LogP contribution in [0.3, 0.4) is 0 Å². The van der Waals surface area contributed by atoms with E-state index in [1.165, 1.54) is 6.07 Å². The predicted molar refractivity (Wildman–Crippen MR) is 67.3 cm³/mol. The van der Waals surface area contributed by atoms with Crippen LogP contribution in [0.4, 0.5) is 4.39 Å². The number of aliphatic hydroxyl groups excluding tert-OH is 1. The molecular formula is C12H18FNO3S. The molecule has 2 N–H and O–H groups in total. The molecule has 0 aromatic heterocycles. The maximum absolute atomic E-state index is 13.1. The molecule has 0 bridgehead atoms. The number of aliphatic hydroxyl groups is 1. The zero-order chi connectivity index (χ0) is 14.0. The summed E-state index contributed by atoms with van der Waals surface area (Å²) in [5, 5.41) is 8.90. The summed E-state index contributed by atoms with van der Waals surface area (Å²) >= 11 is 0. The highest BCUT2D eigenvalue weighted by molar-refractivity contribution is 7.89. The summed E-state index contributed by atoms with van der Waals surface area (Å²) in [6.07, 6.45) is 0.0954. The fraction of sp³-hybridized carbons (Fsp3) is 0.500.